The van der Waals surface area contributed by atoms with Crippen molar-refractivity contribution in [1.82, 2.24) is 9.88 Å². The number of piperidine rings is 1. The van der Waals surface area contributed by atoms with Gasteiger partial charge in [0, 0.05) is 43.2 Å². The van der Waals surface area contributed by atoms with Gasteiger partial charge in [0.15, 0.2) is 0 Å². The third-order valence-electron chi connectivity index (χ3n) is 6.78. The molecule has 0 spiro atoms. The topological polar surface area (TPSA) is 142 Å². The summed E-state index contributed by atoms with van der Waals surface area (Å²) in [6.45, 7) is 7.72. The van der Waals surface area contributed by atoms with E-state index >= 15 is 0 Å². The molecule has 0 radical (unpaired) electrons. The summed E-state index contributed by atoms with van der Waals surface area (Å²) >= 11 is 0. The predicted molar refractivity (Wildman–Crippen MR) is 151 cm³/mol. The van der Waals surface area contributed by atoms with Gasteiger partial charge in [0.2, 0.25) is 5.91 Å². The second kappa shape index (κ2) is 13.2. The maximum atomic E-state index is 12.9. The highest BCUT2D eigenvalue weighted by Gasteiger charge is 2.31. The summed E-state index contributed by atoms with van der Waals surface area (Å²) in [6, 6.07) is 8.51. The van der Waals surface area contributed by atoms with E-state index in [9.17, 15) is 14.7 Å². The number of rotatable bonds is 11. The first-order valence-electron chi connectivity index (χ1n) is 13.1. The molecule has 0 aliphatic carbocycles. The van der Waals surface area contributed by atoms with E-state index in [-0.39, 0.29) is 30.0 Å². The lowest BCUT2D eigenvalue weighted by molar-refractivity contribution is -0.132. The number of methoxy groups -OCH3 is 1. The number of anilines is 3. The van der Waals surface area contributed by atoms with Crippen LogP contribution < -0.4 is 21.1 Å². The number of carbonyl (C=O) groups is 2. The maximum Gasteiger partial charge on any atom is 0.274 e. The Kier molecular flexibility index (Phi) is 10.1. The third-order valence-corrected chi connectivity index (χ3v) is 6.78. The molecule has 0 saturated carbocycles. The van der Waals surface area contributed by atoms with E-state index in [1.54, 1.807) is 29.2 Å². The van der Waals surface area contributed by atoms with Crippen LogP contribution in [0.25, 0.3) is 0 Å². The van der Waals surface area contributed by atoms with Crippen molar-refractivity contribution in [2.75, 3.05) is 49.7 Å². The van der Waals surface area contributed by atoms with Gasteiger partial charge < -0.3 is 31.1 Å². The Morgan fingerprint density at radius 1 is 1.29 bits per heavy atom. The molecule has 2 aromatic rings. The molecule has 2 heterocycles. The molecular weight excluding hydrogens is 484 g/mol. The van der Waals surface area contributed by atoms with Crippen molar-refractivity contribution in [2.24, 2.45) is 10.9 Å². The molecule has 1 aliphatic rings. The zero-order valence-electron chi connectivity index (χ0n) is 22.8. The number of amides is 2. The SMILES string of the molecule is CCCCNc1cccc(C(=O)Nc2cc(C=NCC(=O)N3CCC(C(C)(C)O)CC3)c(N)cc2OC)n1. The Morgan fingerprint density at radius 2 is 2.03 bits per heavy atom. The van der Waals surface area contributed by atoms with Gasteiger partial charge in [-0.25, -0.2) is 4.98 Å². The number of aliphatic hydroxyl groups is 1. The van der Waals surface area contributed by atoms with Crippen molar-refractivity contribution in [2.45, 2.75) is 52.1 Å². The predicted octanol–water partition coefficient (Wildman–Crippen LogP) is 3.57. The van der Waals surface area contributed by atoms with E-state index < -0.39 is 5.60 Å². The van der Waals surface area contributed by atoms with Gasteiger partial charge in [-0.05, 0) is 57.2 Å². The number of nitrogens with zero attached hydrogens (tertiary/aromatic N) is 3. The molecule has 1 fully saturated rings. The smallest absolute Gasteiger partial charge is 0.274 e. The monoisotopic (exact) mass is 524 g/mol. The van der Waals surface area contributed by atoms with Gasteiger partial charge in [-0.2, -0.15) is 0 Å². The number of benzene rings is 1. The highest BCUT2D eigenvalue weighted by molar-refractivity contribution is 6.05. The van der Waals surface area contributed by atoms with Gasteiger partial charge in [-0.15, -0.1) is 0 Å². The van der Waals surface area contributed by atoms with E-state index in [2.05, 4.69) is 27.5 Å². The molecule has 0 unspecified atom stereocenters. The van der Waals surface area contributed by atoms with E-state index in [0.717, 1.165) is 32.2 Å². The fourth-order valence-electron chi connectivity index (χ4n) is 4.39. The summed E-state index contributed by atoms with van der Waals surface area (Å²) in [5.74, 6) is 0.750. The number of nitrogens with two attached hydrogens (primary N) is 1. The maximum absolute atomic E-state index is 12.9. The molecule has 1 aromatic heterocycles. The average molecular weight is 525 g/mol. The average Bonchev–Trinajstić information content (AvgIpc) is 2.90. The number of hydrogen-bond acceptors (Lipinski definition) is 8. The fraction of sp³-hybridized carbons (Fsp3) is 0.500. The van der Waals surface area contributed by atoms with Crippen LogP contribution in [-0.2, 0) is 4.79 Å². The van der Waals surface area contributed by atoms with Gasteiger partial charge in [0.25, 0.3) is 5.91 Å². The standard InChI is InChI=1S/C28H40N6O4/c1-5-6-12-31-25-9-7-8-22(32-25)27(36)33-23-15-19(21(29)16-24(23)38-4)17-30-18-26(35)34-13-10-20(11-14-34)28(2,3)37/h7-9,15-17,20,37H,5-6,10-14,18,29H2,1-4H3,(H,31,32)(H,33,36). The number of unbranched alkanes of at least 4 members (excludes halogenated alkanes) is 1. The number of hydrogen-bond donors (Lipinski definition) is 4. The van der Waals surface area contributed by atoms with Crippen LogP contribution in [0.15, 0.2) is 35.3 Å². The molecule has 3 rings (SSSR count). The molecule has 1 saturated heterocycles. The van der Waals surface area contributed by atoms with Crippen LogP contribution in [0, 0.1) is 5.92 Å². The van der Waals surface area contributed by atoms with Crippen LogP contribution in [0.5, 0.6) is 5.75 Å². The molecule has 10 heteroatoms. The summed E-state index contributed by atoms with van der Waals surface area (Å²) in [4.78, 5) is 36.1. The quantitative estimate of drug-likeness (QED) is 0.200. The van der Waals surface area contributed by atoms with Crippen molar-refractivity contribution in [1.29, 1.82) is 0 Å². The Labute approximate surface area is 224 Å². The van der Waals surface area contributed by atoms with Crippen LogP contribution in [0.3, 0.4) is 0 Å². The Bertz CT molecular complexity index is 1140. The molecule has 38 heavy (non-hydrogen) atoms. The number of aromatic nitrogens is 1. The highest BCUT2D eigenvalue weighted by atomic mass is 16.5. The summed E-state index contributed by atoms with van der Waals surface area (Å²) in [7, 11) is 1.49. The fourth-order valence-corrected chi connectivity index (χ4v) is 4.39. The van der Waals surface area contributed by atoms with E-state index in [1.807, 2.05) is 19.9 Å². The Balaban J connectivity index is 1.65. The number of likely N-dealkylation sites (tertiary alicyclic amines) is 1. The van der Waals surface area contributed by atoms with Crippen molar-refractivity contribution >= 4 is 35.2 Å². The van der Waals surface area contributed by atoms with Crippen LogP contribution in [0.2, 0.25) is 0 Å². The first-order chi connectivity index (χ1) is 18.1. The van der Waals surface area contributed by atoms with Crippen molar-refractivity contribution in [3.05, 3.63) is 41.6 Å². The summed E-state index contributed by atoms with van der Waals surface area (Å²) in [6.07, 6.45) is 5.13. The highest BCUT2D eigenvalue weighted by Crippen LogP contribution is 2.30. The summed E-state index contributed by atoms with van der Waals surface area (Å²) < 4.78 is 5.41. The van der Waals surface area contributed by atoms with Gasteiger partial charge >= 0.3 is 0 Å². The molecule has 10 nitrogen and oxygen atoms in total. The van der Waals surface area contributed by atoms with Gasteiger partial charge in [-0.3, -0.25) is 14.6 Å². The van der Waals surface area contributed by atoms with Gasteiger partial charge in [-0.1, -0.05) is 19.4 Å². The van der Waals surface area contributed by atoms with E-state index in [0.29, 0.717) is 41.6 Å². The Hall–Kier alpha value is -3.66. The summed E-state index contributed by atoms with van der Waals surface area (Å²) in [5, 5.41) is 16.3. The lowest BCUT2D eigenvalue weighted by Crippen LogP contribution is -2.44. The molecule has 206 valence electrons. The lowest BCUT2D eigenvalue weighted by Gasteiger charge is -2.37. The largest absolute Gasteiger partial charge is 0.494 e. The molecule has 0 atom stereocenters. The number of carbonyl (C=O) groups excluding carboxylic acids is 2. The minimum Gasteiger partial charge on any atom is -0.494 e. The number of aliphatic imine (C=N–C) groups is 1. The number of pyridine rings is 1. The van der Waals surface area contributed by atoms with Crippen LogP contribution >= 0.6 is 0 Å². The molecule has 1 aliphatic heterocycles. The van der Waals surface area contributed by atoms with E-state index in [1.165, 1.54) is 13.3 Å². The zero-order chi connectivity index (χ0) is 27.7. The van der Waals surface area contributed by atoms with Crippen molar-refractivity contribution in [3.8, 4) is 5.75 Å². The Morgan fingerprint density at radius 3 is 2.68 bits per heavy atom. The number of nitrogen functional groups attached to an aromatic ring is 1. The van der Waals surface area contributed by atoms with Crippen LogP contribution in [0.4, 0.5) is 17.2 Å². The second-order valence-corrected chi connectivity index (χ2v) is 10.1. The van der Waals surface area contributed by atoms with Gasteiger partial charge in [0.1, 0.15) is 23.8 Å². The number of nitrogens with one attached hydrogen (secondary N) is 2. The first kappa shape index (κ1) is 28.9. The molecular formula is C28H40N6O4. The minimum absolute atomic E-state index is 0.0118. The number of ether oxygens (including phenoxy) is 1. The third kappa shape index (κ3) is 7.92. The molecule has 1 aromatic carbocycles. The first-order valence-corrected chi connectivity index (χ1v) is 13.1. The van der Waals surface area contributed by atoms with Crippen LogP contribution in [0.1, 0.15) is 62.5 Å². The van der Waals surface area contributed by atoms with E-state index in [4.69, 9.17) is 10.5 Å². The molecule has 5 N–H and O–H groups in total. The molecule has 0 bridgehead atoms. The zero-order valence-corrected chi connectivity index (χ0v) is 22.8. The van der Waals surface area contributed by atoms with Crippen LogP contribution in [-0.4, -0.2) is 71.9 Å². The lowest BCUT2D eigenvalue weighted by atomic mass is 9.83. The normalized spacial score (nSPS) is 14.5. The second-order valence-electron chi connectivity index (χ2n) is 10.1. The van der Waals surface area contributed by atoms with Crippen molar-refractivity contribution in [3.63, 3.8) is 0 Å². The van der Waals surface area contributed by atoms with Gasteiger partial charge in [0.05, 0.1) is 18.4 Å². The summed E-state index contributed by atoms with van der Waals surface area (Å²) in [5.41, 5.74) is 7.08. The minimum atomic E-state index is -0.739. The molecule has 2 amide bonds. The van der Waals surface area contributed by atoms with Crippen molar-refractivity contribution < 1.29 is 19.4 Å².